The molecule has 9 nitrogen and oxygen atoms in total. The Kier molecular flexibility index (Phi) is 10.3. The average molecular weight is 575 g/mol. The zero-order chi connectivity index (χ0) is 31.2. The third-order valence-corrected chi connectivity index (χ3v) is 6.96. The Morgan fingerprint density at radius 1 is 0.929 bits per heavy atom. The Labute approximate surface area is 247 Å². The van der Waals surface area contributed by atoms with Crippen LogP contribution < -0.4 is 16.4 Å². The number of nitrogens with one attached hydrogen (secondary N) is 2. The van der Waals surface area contributed by atoms with E-state index in [9.17, 15) is 19.2 Å². The molecule has 0 aliphatic rings. The average Bonchev–Trinajstić information content (AvgIpc) is 2.89. The molecule has 9 heteroatoms. The van der Waals surface area contributed by atoms with Crippen LogP contribution in [0.3, 0.4) is 0 Å². The van der Waals surface area contributed by atoms with Gasteiger partial charge in [-0.05, 0) is 94.5 Å². The number of rotatable bonds is 10. The number of anilines is 1. The first-order valence-electron chi connectivity index (χ1n) is 14.1. The number of nitrogens with two attached hydrogens (primary N) is 1. The number of primary amides is 1. The Hall–Kier alpha value is -4.40. The smallest absolute Gasteiger partial charge is 0.408 e. The fourth-order valence-corrected chi connectivity index (χ4v) is 4.82. The minimum Gasteiger partial charge on any atom is -0.444 e. The lowest BCUT2D eigenvalue weighted by Gasteiger charge is -2.38. The van der Waals surface area contributed by atoms with Crippen LogP contribution in [-0.2, 0) is 19.1 Å². The molecule has 3 rings (SSSR count). The van der Waals surface area contributed by atoms with Gasteiger partial charge in [0.1, 0.15) is 17.7 Å². The van der Waals surface area contributed by atoms with Crippen molar-refractivity contribution in [3.8, 4) is 0 Å². The Morgan fingerprint density at radius 2 is 1.60 bits per heavy atom. The molecule has 0 saturated carbocycles. The van der Waals surface area contributed by atoms with Crippen LogP contribution in [0, 0.1) is 13.8 Å². The van der Waals surface area contributed by atoms with Crippen LogP contribution in [0.15, 0.2) is 60.7 Å². The number of hydrogen-bond acceptors (Lipinski definition) is 5. The number of carbonyl (C=O) groups is 4. The summed E-state index contributed by atoms with van der Waals surface area (Å²) in [5.41, 5.74) is 7.66. The van der Waals surface area contributed by atoms with Crippen LogP contribution in [0.4, 0.5) is 10.5 Å². The van der Waals surface area contributed by atoms with Crippen molar-refractivity contribution in [2.75, 3.05) is 5.32 Å². The lowest BCUT2D eigenvalue weighted by atomic mass is 9.93. The molecule has 2 unspecified atom stereocenters. The summed E-state index contributed by atoms with van der Waals surface area (Å²) >= 11 is 0. The first-order valence-corrected chi connectivity index (χ1v) is 14.1. The quantitative estimate of drug-likeness (QED) is 0.293. The van der Waals surface area contributed by atoms with Crippen molar-refractivity contribution < 1.29 is 23.9 Å². The van der Waals surface area contributed by atoms with E-state index >= 15 is 0 Å². The van der Waals surface area contributed by atoms with Crippen LogP contribution in [-0.4, -0.2) is 46.4 Å². The number of amides is 4. The lowest BCUT2D eigenvalue weighted by molar-refractivity contribution is -0.143. The Bertz CT molecular complexity index is 1460. The van der Waals surface area contributed by atoms with E-state index in [2.05, 4.69) is 10.6 Å². The van der Waals surface area contributed by atoms with Crippen molar-refractivity contribution in [2.45, 2.75) is 85.0 Å². The second kappa shape index (κ2) is 13.5. The van der Waals surface area contributed by atoms with Gasteiger partial charge < -0.3 is 26.0 Å². The molecule has 0 fully saturated rings. The summed E-state index contributed by atoms with van der Waals surface area (Å²) in [4.78, 5) is 54.3. The summed E-state index contributed by atoms with van der Waals surface area (Å²) in [7, 11) is 0. The third-order valence-electron chi connectivity index (χ3n) is 6.96. The maximum atomic E-state index is 14.3. The minimum atomic E-state index is -1.16. The number of ether oxygens (including phenoxy) is 1. The molecule has 0 aliphatic heterocycles. The Balaban J connectivity index is 2.06. The summed E-state index contributed by atoms with van der Waals surface area (Å²) < 4.78 is 5.39. The molecule has 4 amide bonds. The minimum absolute atomic E-state index is 0.0531. The van der Waals surface area contributed by atoms with E-state index in [4.69, 9.17) is 10.5 Å². The zero-order valence-electron chi connectivity index (χ0n) is 25.5. The molecular formula is C33H42N4O5. The van der Waals surface area contributed by atoms with E-state index in [1.54, 1.807) is 34.6 Å². The van der Waals surface area contributed by atoms with Gasteiger partial charge >= 0.3 is 6.09 Å². The van der Waals surface area contributed by atoms with E-state index in [-0.39, 0.29) is 12.8 Å². The molecule has 2 atom stereocenters. The lowest BCUT2D eigenvalue weighted by Crippen LogP contribution is -2.54. The monoisotopic (exact) mass is 574 g/mol. The molecule has 42 heavy (non-hydrogen) atoms. The molecule has 4 N–H and O–H groups in total. The zero-order valence-corrected chi connectivity index (χ0v) is 25.5. The Morgan fingerprint density at radius 3 is 2.21 bits per heavy atom. The van der Waals surface area contributed by atoms with Gasteiger partial charge in [-0.15, -0.1) is 0 Å². The van der Waals surface area contributed by atoms with Crippen LogP contribution in [0.5, 0.6) is 0 Å². The van der Waals surface area contributed by atoms with Crippen molar-refractivity contribution in [1.82, 2.24) is 10.2 Å². The van der Waals surface area contributed by atoms with E-state index in [0.29, 0.717) is 11.3 Å². The van der Waals surface area contributed by atoms with E-state index < -0.39 is 47.5 Å². The predicted octanol–water partition coefficient (Wildman–Crippen LogP) is 5.53. The molecule has 0 saturated heterocycles. The molecule has 0 heterocycles. The predicted molar refractivity (Wildman–Crippen MR) is 165 cm³/mol. The first-order chi connectivity index (χ1) is 19.7. The highest BCUT2D eigenvalue weighted by Gasteiger charge is 2.38. The second-order valence-corrected chi connectivity index (χ2v) is 11.8. The summed E-state index contributed by atoms with van der Waals surface area (Å²) in [6.07, 6.45) is -1.00. The highest BCUT2D eigenvalue weighted by atomic mass is 16.6. The molecule has 3 aromatic carbocycles. The van der Waals surface area contributed by atoms with Crippen molar-refractivity contribution in [2.24, 2.45) is 5.73 Å². The van der Waals surface area contributed by atoms with E-state index in [0.717, 1.165) is 21.9 Å². The first kappa shape index (κ1) is 32.1. The second-order valence-electron chi connectivity index (χ2n) is 11.8. The van der Waals surface area contributed by atoms with Gasteiger partial charge in [0.2, 0.25) is 11.8 Å². The third kappa shape index (κ3) is 8.31. The summed E-state index contributed by atoms with van der Waals surface area (Å²) in [5, 5.41) is 7.62. The summed E-state index contributed by atoms with van der Waals surface area (Å²) in [6.45, 7) is 12.6. The molecule has 0 aromatic heterocycles. The topological polar surface area (TPSA) is 131 Å². The van der Waals surface area contributed by atoms with Gasteiger partial charge in [-0.25, -0.2) is 4.79 Å². The van der Waals surface area contributed by atoms with Gasteiger partial charge in [0, 0.05) is 18.2 Å². The normalized spacial score (nSPS) is 12.9. The molecule has 3 aromatic rings. The highest BCUT2D eigenvalue weighted by Crippen LogP contribution is 2.31. The maximum Gasteiger partial charge on any atom is 0.408 e. The van der Waals surface area contributed by atoms with Gasteiger partial charge in [0.15, 0.2) is 0 Å². The number of alkyl carbamates (subject to hydrolysis) is 1. The molecule has 224 valence electrons. The molecule has 0 aliphatic carbocycles. The molecule has 0 bridgehead atoms. The van der Waals surface area contributed by atoms with Gasteiger partial charge in [-0.3, -0.25) is 14.4 Å². The van der Waals surface area contributed by atoms with Gasteiger partial charge in [-0.1, -0.05) is 48.5 Å². The molecule has 0 radical (unpaired) electrons. The van der Waals surface area contributed by atoms with E-state index in [1.807, 2.05) is 74.5 Å². The maximum absolute atomic E-state index is 14.3. The molecular weight excluding hydrogens is 532 g/mol. The van der Waals surface area contributed by atoms with E-state index in [1.165, 1.54) is 4.90 Å². The van der Waals surface area contributed by atoms with Crippen molar-refractivity contribution in [3.05, 3.63) is 77.4 Å². The highest BCUT2D eigenvalue weighted by molar-refractivity contribution is 6.00. The van der Waals surface area contributed by atoms with Crippen molar-refractivity contribution in [3.63, 3.8) is 0 Å². The number of fused-ring (bicyclic) bond motifs is 1. The van der Waals surface area contributed by atoms with Crippen LogP contribution in [0.25, 0.3) is 10.8 Å². The number of benzene rings is 3. The van der Waals surface area contributed by atoms with Gasteiger partial charge in [-0.2, -0.15) is 0 Å². The number of aryl methyl sites for hydroxylation is 1. The summed E-state index contributed by atoms with van der Waals surface area (Å²) in [6, 6.07) is 16.4. The van der Waals surface area contributed by atoms with Crippen molar-refractivity contribution in [1.29, 1.82) is 0 Å². The standard InChI is InChI=1S/C33H42N4O5/c1-20(2)37(31(40)27(17-18-28(34)38)36-32(41)42-33(5,6)7)29(26-14-10-11-21(3)22(26)4)30(39)35-25-16-15-23-12-8-9-13-24(23)19-25/h8-16,19-20,27,29H,17-18H2,1-7H3,(H2,34,38)(H,35,39)(H,36,41). The largest absolute Gasteiger partial charge is 0.444 e. The van der Waals surface area contributed by atoms with Gasteiger partial charge in [0.05, 0.1) is 0 Å². The van der Waals surface area contributed by atoms with Gasteiger partial charge in [0.25, 0.3) is 5.91 Å². The fourth-order valence-electron chi connectivity index (χ4n) is 4.82. The number of hydrogen-bond donors (Lipinski definition) is 3. The summed E-state index contributed by atoms with van der Waals surface area (Å²) in [5.74, 6) is -1.56. The van der Waals surface area contributed by atoms with Crippen LogP contribution in [0.2, 0.25) is 0 Å². The molecule has 0 spiro atoms. The van der Waals surface area contributed by atoms with Crippen LogP contribution >= 0.6 is 0 Å². The fraction of sp³-hybridized carbons (Fsp3) is 0.394. The van der Waals surface area contributed by atoms with Crippen molar-refractivity contribution >= 4 is 40.3 Å². The van der Waals surface area contributed by atoms with Crippen LogP contribution in [0.1, 0.15) is 70.2 Å². The number of carbonyl (C=O) groups excluding carboxylic acids is 4. The SMILES string of the molecule is Cc1cccc(C(C(=O)Nc2ccc3ccccc3c2)N(C(=O)C(CCC(N)=O)NC(=O)OC(C)(C)C)C(C)C)c1C. The number of nitrogens with zero attached hydrogens (tertiary/aromatic N) is 1.